The zero-order valence-corrected chi connectivity index (χ0v) is 16.6. The molecule has 0 unspecified atom stereocenters. The van der Waals surface area contributed by atoms with E-state index in [1.807, 2.05) is 30.3 Å². The zero-order valence-electron chi connectivity index (χ0n) is 16.6. The number of azide groups is 1. The highest BCUT2D eigenvalue weighted by Crippen LogP contribution is 2.00. The molecule has 0 spiro atoms. The van der Waals surface area contributed by atoms with Crippen LogP contribution in [0.5, 0.6) is 0 Å². The van der Waals surface area contributed by atoms with Crippen LogP contribution < -0.4 is 0 Å². The molecular weight excluding hydrogens is 382 g/mol. The topological polar surface area (TPSA) is 121 Å². The maximum atomic E-state index is 11.5. The normalized spacial score (nSPS) is 10.5. The lowest BCUT2D eigenvalue weighted by atomic mass is 10.2. The minimum Gasteiger partial charge on any atom is -0.459 e. The first-order valence-corrected chi connectivity index (χ1v) is 9.42. The Morgan fingerprint density at radius 3 is 1.86 bits per heavy atom. The first-order chi connectivity index (χ1) is 14.3. The van der Waals surface area contributed by atoms with Gasteiger partial charge in [0.2, 0.25) is 0 Å². The fourth-order valence-electron chi connectivity index (χ4n) is 1.96. The average Bonchev–Trinajstić information content (AvgIpc) is 2.75. The van der Waals surface area contributed by atoms with E-state index in [2.05, 4.69) is 10.0 Å². The largest absolute Gasteiger partial charge is 0.459 e. The summed E-state index contributed by atoms with van der Waals surface area (Å²) in [4.78, 5) is 14.2. The third-order valence-electron chi connectivity index (χ3n) is 3.35. The Morgan fingerprint density at radius 1 is 0.793 bits per heavy atom. The van der Waals surface area contributed by atoms with Crippen molar-refractivity contribution in [3.05, 3.63) is 46.3 Å². The first-order valence-electron chi connectivity index (χ1n) is 9.42. The van der Waals surface area contributed by atoms with Crippen LogP contribution in [0, 0.1) is 0 Å². The molecule has 0 aliphatic carbocycles. The molecule has 10 heteroatoms. The number of hydrogen-bond donors (Lipinski definition) is 0. The van der Waals surface area contributed by atoms with Crippen LogP contribution >= 0.6 is 0 Å². The summed E-state index contributed by atoms with van der Waals surface area (Å²) in [6.45, 7) is 4.26. The van der Waals surface area contributed by atoms with E-state index in [1.165, 1.54) is 0 Å². The molecular formula is C19H29N3O7. The van der Waals surface area contributed by atoms with Crippen molar-refractivity contribution < 1.29 is 33.2 Å². The predicted octanol–water partition coefficient (Wildman–Crippen LogP) is 2.12. The number of nitrogens with zero attached hydrogens (tertiary/aromatic N) is 3. The summed E-state index contributed by atoms with van der Waals surface area (Å²) in [6, 6.07) is 9.47. The molecule has 0 aliphatic rings. The molecule has 0 saturated carbocycles. The van der Waals surface area contributed by atoms with Gasteiger partial charge >= 0.3 is 5.97 Å². The molecule has 0 aliphatic heterocycles. The molecule has 0 radical (unpaired) electrons. The van der Waals surface area contributed by atoms with Gasteiger partial charge in [0.05, 0.1) is 59.5 Å². The molecule has 0 amide bonds. The molecule has 1 aromatic carbocycles. The second kappa shape index (κ2) is 19.1. The number of rotatable bonds is 19. The van der Waals surface area contributed by atoms with Gasteiger partial charge in [0.25, 0.3) is 0 Å². The van der Waals surface area contributed by atoms with E-state index in [-0.39, 0.29) is 13.2 Å². The molecule has 1 aromatic rings. The lowest BCUT2D eigenvalue weighted by Gasteiger charge is -2.08. The van der Waals surface area contributed by atoms with Crippen LogP contribution in [0.1, 0.15) is 5.56 Å². The van der Waals surface area contributed by atoms with E-state index in [1.54, 1.807) is 0 Å². The van der Waals surface area contributed by atoms with Crippen LogP contribution in [0.2, 0.25) is 0 Å². The Kier molecular flexibility index (Phi) is 16.4. The Labute approximate surface area is 170 Å². The van der Waals surface area contributed by atoms with E-state index in [0.717, 1.165) is 5.56 Å². The highest BCUT2D eigenvalue weighted by Gasteiger charge is 2.03. The molecule has 0 fully saturated rings. The van der Waals surface area contributed by atoms with Crippen molar-refractivity contribution in [2.75, 3.05) is 72.6 Å². The van der Waals surface area contributed by atoms with Gasteiger partial charge in [0, 0.05) is 11.5 Å². The number of carbonyl (C=O) groups is 1. The summed E-state index contributed by atoms with van der Waals surface area (Å²) in [5, 5.41) is 3.35. The van der Waals surface area contributed by atoms with E-state index < -0.39 is 5.97 Å². The minimum atomic E-state index is -0.404. The fraction of sp³-hybridized carbons (Fsp3) is 0.632. The summed E-state index contributed by atoms with van der Waals surface area (Å²) in [5.74, 6) is -0.404. The van der Waals surface area contributed by atoms with Gasteiger partial charge < -0.3 is 28.4 Å². The van der Waals surface area contributed by atoms with E-state index >= 15 is 0 Å². The monoisotopic (exact) mass is 411 g/mol. The van der Waals surface area contributed by atoms with Gasteiger partial charge in [-0.3, -0.25) is 0 Å². The predicted molar refractivity (Wildman–Crippen MR) is 104 cm³/mol. The van der Waals surface area contributed by atoms with Crippen LogP contribution in [-0.4, -0.2) is 78.6 Å². The van der Waals surface area contributed by atoms with Crippen molar-refractivity contribution in [3.63, 3.8) is 0 Å². The second-order valence-corrected chi connectivity index (χ2v) is 5.60. The van der Waals surface area contributed by atoms with Gasteiger partial charge in [-0.15, -0.1) is 0 Å². The van der Waals surface area contributed by atoms with E-state index in [0.29, 0.717) is 66.0 Å². The van der Waals surface area contributed by atoms with Crippen molar-refractivity contribution >= 4 is 5.97 Å². The number of ether oxygens (including phenoxy) is 6. The third-order valence-corrected chi connectivity index (χ3v) is 3.35. The zero-order chi connectivity index (χ0) is 20.8. The molecule has 0 heterocycles. The highest BCUT2D eigenvalue weighted by molar-refractivity contribution is 5.70. The Morgan fingerprint density at radius 2 is 1.31 bits per heavy atom. The minimum absolute atomic E-state index is 0.0979. The van der Waals surface area contributed by atoms with Crippen LogP contribution in [0.15, 0.2) is 35.4 Å². The maximum absolute atomic E-state index is 11.5. The quantitative estimate of drug-likeness (QED) is 0.112. The van der Waals surface area contributed by atoms with Crippen molar-refractivity contribution in [2.24, 2.45) is 5.11 Å². The molecule has 10 nitrogen and oxygen atoms in total. The van der Waals surface area contributed by atoms with Crippen molar-refractivity contribution in [2.45, 2.75) is 6.61 Å². The number of esters is 1. The number of hydrogen-bond acceptors (Lipinski definition) is 8. The van der Waals surface area contributed by atoms with E-state index in [4.69, 9.17) is 34.0 Å². The van der Waals surface area contributed by atoms with Crippen LogP contribution in [0.4, 0.5) is 0 Å². The summed E-state index contributed by atoms with van der Waals surface area (Å²) in [5.41, 5.74) is 9.02. The SMILES string of the molecule is [N-]=[N+]=NCCOCCOCCOCCOCCOCC(=O)OCc1ccccc1. The summed E-state index contributed by atoms with van der Waals surface area (Å²) in [6.07, 6.45) is 0. The average molecular weight is 411 g/mol. The molecule has 162 valence electrons. The third kappa shape index (κ3) is 16.5. The van der Waals surface area contributed by atoms with Gasteiger partial charge in [-0.05, 0) is 11.1 Å². The number of carbonyl (C=O) groups excluding carboxylic acids is 1. The highest BCUT2D eigenvalue weighted by atomic mass is 16.6. The van der Waals surface area contributed by atoms with Gasteiger partial charge in [0.15, 0.2) is 0 Å². The summed E-state index contributed by atoms with van der Waals surface area (Å²) < 4.78 is 31.5. The second-order valence-electron chi connectivity index (χ2n) is 5.60. The van der Waals surface area contributed by atoms with Crippen molar-refractivity contribution in [3.8, 4) is 0 Å². The fourth-order valence-corrected chi connectivity index (χ4v) is 1.96. The lowest BCUT2D eigenvalue weighted by molar-refractivity contribution is -0.150. The molecule has 0 saturated heterocycles. The molecule has 0 aromatic heterocycles. The van der Waals surface area contributed by atoms with E-state index in [9.17, 15) is 4.79 Å². The standard InChI is InChI=1S/C19H29N3O7/c20-22-21-6-7-24-8-9-25-10-11-26-12-13-27-14-15-28-17-19(23)29-16-18-4-2-1-3-5-18/h1-5H,6-17H2. The molecule has 0 atom stereocenters. The Balaban J connectivity index is 1.75. The Hall–Kier alpha value is -2.20. The van der Waals surface area contributed by atoms with Crippen molar-refractivity contribution in [1.29, 1.82) is 0 Å². The summed E-state index contributed by atoms with van der Waals surface area (Å²) >= 11 is 0. The lowest BCUT2D eigenvalue weighted by Crippen LogP contribution is -2.16. The van der Waals surface area contributed by atoms with Crippen molar-refractivity contribution in [1.82, 2.24) is 0 Å². The maximum Gasteiger partial charge on any atom is 0.332 e. The molecule has 29 heavy (non-hydrogen) atoms. The van der Waals surface area contributed by atoms with Crippen LogP contribution in [0.3, 0.4) is 0 Å². The first kappa shape index (κ1) is 24.8. The Bertz CT molecular complexity index is 568. The van der Waals surface area contributed by atoms with Gasteiger partial charge in [-0.2, -0.15) is 0 Å². The van der Waals surface area contributed by atoms with Crippen LogP contribution in [0.25, 0.3) is 10.4 Å². The van der Waals surface area contributed by atoms with Gasteiger partial charge in [0.1, 0.15) is 13.2 Å². The summed E-state index contributed by atoms with van der Waals surface area (Å²) in [7, 11) is 0. The van der Waals surface area contributed by atoms with Gasteiger partial charge in [-0.25, -0.2) is 4.79 Å². The van der Waals surface area contributed by atoms with Crippen LogP contribution in [-0.2, 0) is 39.8 Å². The number of benzene rings is 1. The van der Waals surface area contributed by atoms with Gasteiger partial charge in [-0.1, -0.05) is 35.4 Å². The molecule has 1 rings (SSSR count). The molecule has 0 bridgehead atoms. The molecule has 0 N–H and O–H groups in total. The smallest absolute Gasteiger partial charge is 0.332 e.